The molecule has 1 aromatic rings. The highest BCUT2D eigenvalue weighted by Crippen LogP contribution is 2.26. The summed E-state index contributed by atoms with van der Waals surface area (Å²) < 4.78 is 5.43. The first kappa shape index (κ1) is 16.3. The second-order valence-electron chi connectivity index (χ2n) is 7.54. The molecule has 3 atom stereocenters. The van der Waals surface area contributed by atoms with Crippen molar-refractivity contribution in [3.05, 3.63) is 29.8 Å². The normalized spacial score (nSPS) is 32.1. The molecular weight excluding hydrogens is 302 g/mol. The quantitative estimate of drug-likeness (QED) is 0.900. The molecule has 3 aliphatic heterocycles. The van der Waals surface area contributed by atoms with E-state index in [1.807, 2.05) is 0 Å². The zero-order valence-corrected chi connectivity index (χ0v) is 14.6. The maximum atomic E-state index is 9.90. The first-order valence-electron chi connectivity index (χ1n) is 9.27. The summed E-state index contributed by atoms with van der Waals surface area (Å²) in [4.78, 5) is 7.44. The Hall–Kier alpha value is -1.14. The van der Waals surface area contributed by atoms with E-state index in [0.29, 0.717) is 12.1 Å². The van der Waals surface area contributed by atoms with Gasteiger partial charge in [0.25, 0.3) is 0 Å². The lowest BCUT2D eigenvalue weighted by Gasteiger charge is -2.42. The lowest BCUT2D eigenvalue weighted by atomic mass is 10.1. The summed E-state index contributed by atoms with van der Waals surface area (Å²) in [5.41, 5.74) is 2.68. The van der Waals surface area contributed by atoms with Gasteiger partial charge in [0.15, 0.2) is 0 Å². The molecule has 0 amide bonds. The highest BCUT2D eigenvalue weighted by molar-refractivity contribution is 5.47. The number of hydrogen-bond acceptors (Lipinski definition) is 5. The number of piperazine rings is 1. The Balaban J connectivity index is 1.38. The number of benzene rings is 1. The minimum atomic E-state index is -0.130. The first-order chi connectivity index (χ1) is 11.7. The van der Waals surface area contributed by atoms with Crippen LogP contribution in [0.2, 0.25) is 0 Å². The van der Waals surface area contributed by atoms with Crippen LogP contribution in [0.5, 0.6) is 0 Å². The minimum Gasteiger partial charge on any atom is -0.392 e. The summed E-state index contributed by atoms with van der Waals surface area (Å²) in [6.45, 7) is 9.96. The minimum absolute atomic E-state index is 0.130. The molecule has 0 aliphatic carbocycles. The lowest BCUT2D eigenvalue weighted by molar-refractivity contribution is 0.0528. The van der Waals surface area contributed by atoms with Crippen molar-refractivity contribution in [2.45, 2.75) is 38.1 Å². The van der Waals surface area contributed by atoms with Crippen LogP contribution in [0.3, 0.4) is 0 Å². The molecule has 0 aromatic heterocycles. The smallest absolute Gasteiger partial charge is 0.0682 e. The summed E-state index contributed by atoms with van der Waals surface area (Å²) in [6.07, 6.45) is 0.800. The van der Waals surface area contributed by atoms with E-state index in [1.54, 1.807) is 0 Å². The summed E-state index contributed by atoms with van der Waals surface area (Å²) in [6, 6.07) is 10.1. The van der Waals surface area contributed by atoms with E-state index in [9.17, 15) is 5.11 Å². The molecule has 132 valence electrons. The summed E-state index contributed by atoms with van der Waals surface area (Å²) in [5.74, 6) is 0. The molecule has 3 aliphatic rings. The van der Waals surface area contributed by atoms with Gasteiger partial charge in [-0.15, -0.1) is 0 Å². The van der Waals surface area contributed by atoms with Gasteiger partial charge >= 0.3 is 0 Å². The van der Waals surface area contributed by atoms with Crippen molar-refractivity contribution in [3.8, 4) is 0 Å². The highest BCUT2D eigenvalue weighted by Gasteiger charge is 2.37. The van der Waals surface area contributed by atoms with Crippen molar-refractivity contribution in [1.82, 2.24) is 9.80 Å². The number of ether oxygens (including phenoxy) is 1. The topological polar surface area (TPSA) is 39.2 Å². The molecule has 1 N–H and O–H groups in total. The maximum absolute atomic E-state index is 9.90. The van der Waals surface area contributed by atoms with Crippen LogP contribution in [0.15, 0.2) is 24.3 Å². The van der Waals surface area contributed by atoms with Gasteiger partial charge in [-0.05, 0) is 31.0 Å². The summed E-state index contributed by atoms with van der Waals surface area (Å²) in [7, 11) is 0. The second kappa shape index (κ2) is 7.00. The van der Waals surface area contributed by atoms with Crippen LogP contribution in [0.1, 0.15) is 18.9 Å². The van der Waals surface area contributed by atoms with Crippen molar-refractivity contribution < 1.29 is 9.84 Å². The van der Waals surface area contributed by atoms with Gasteiger partial charge in [-0.3, -0.25) is 9.80 Å². The van der Waals surface area contributed by atoms with Crippen LogP contribution in [0, 0.1) is 0 Å². The van der Waals surface area contributed by atoms with Gasteiger partial charge in [0.05, 0.1) is 19.3 Å². The third kappa shape index (κ3) is 3.45. The molecule has 0 bridgehead atoms. The molecule has 5 nitrogen and oxygen atoms in total. The van der Waals surface area contributed by atoms with Gasteiger partial charge in [-0.1, -0.05) is 12.1 Å². The molecule has 1 aromatic carbocycles. The van der Waals surface area contributed by atoms with Crippen molar-refractivity contribution in [2.75, 3.05) is 50.8 Å². The Labute approximate surface area is 144 Å². The predicted molar refractivity (Wildman–Crippen MR) is 95.3 cm³/mol. The van der Waals surface area contributed by atoms with E-state index >= 15 is 0 Å². The molecule has 3 fully saturated rings. The fourth-order valence-electron chi connectivity index (χ4n) is 4.37. The van der Waals surface area contributed by atoms with Crippen LogP contribution < -0.4 is 4.90 Å². The Morgan fingerprint density at radius 3 is 2.58 bits per heavy atom. The van der Waals surface area contributed by atoms with Gasteiger partial charge in [0.2, 0.25) is 0 Å². The fraction of sp³-hybridized carbons (Fsp3) is 0.684. The zero-order chi connectivity index (χ0) is 16.5. The Bertz CT molecular complexity index is 544. The van der Waals surface area contributed by atoms with Crippen molar-refractivity contribution in [3.63, 3.8) is 0 Å². The molecule has 1 unspecified atom stereocenters. The zero-order valence-electron chi connectivity index (χ0n) is 14.6. The number of hydrogen-bond donors (Lipinski definition) is 1. The number of fused-ring (bicyclic) bond motifs is 1. The number of aliphatic hydroxyl groups is 1. The standard InChI is InChI=1S/C19H29N3O2/c1-15-11-22-14-19(23)10-18(22)13-21(15)12-16-2-4-17(5-3-16)20-6-8-24-9-7-20/h2-5,15,18-19,23H,6-14H2,1H3/t15-,18?,19+/m0/s1. The van der Waals surface area contributed by atoms with Crippen molar-refractivity contribution >= 4 is 5.69 Å². The van der Waals surface area contributed by atoms with Gasteiger partial charge in [-0.25, -0.2) is 0 Å². The van der Waals surface area contributed by atoms with Crippen LogP contribution in [0.4, 0.5) is 5.69 Å². The van der Waals surface area contributed by atoms with Crippen LogP contribution in [-0.2, 0) is 11.3 Å². The van der Waals surface area contributed by atoms with Gasteiger partial charge in [0, 0.05) is 57.0 Å². The molecule has 4 rings (SSSR count). The summed E-state index contributed by atoms with van der Waals surface area (Å²) in [5, 5.41) is 9.90. The third-order valence-corrected chi connectivity index (χ3v) is 5.77. The monoisotopic (exact) mass is 331 g/mol. The van der Waals surface area contributed by atoms with E-state index in [-0.39, 0.29) is 6.10 Å². The van der Waals surface area contributed by atoms with E-state index in [4.69, 9.17) is 4.74 Å². The van der Waals surface area contributed by atoms with Crippen LogP contribution in [0.25, 0.3) is 0 Å². The highest BCUT2D eigenvalue weighted by atomic mass is 16.5. The first-order valence-corrected chi connectivity index (χ1v) is 9.27. The van der Waals surface area contributed by atoms with Gasteiger partial charge in [-0.2, -0.15) is 0 Å². The maximum Gasteiger partial charge on any atom is 0.0682 e. The number of rotatable bonds is 3. The van der Waals surface area contributed by atoms with E-state index in [0.717, 1.165) is 58.9 Å². The fourth-order valence-corrected chi connectivity index (χ4v) is 4.37. The van der Waals surface area contributed by atoms with E-state index in [1.165, 1.54) is 11.3 Å². The lowest BCUT2D eigenvalue weighted by Crippen LogP contribution is -2.54. The molecule has 5 heteroatoms. The van der Waals surface area contributed by atoms with Crippen LogP contribution in [-0.4, -0.2) is 79.0 Å². The van der Waals surface area contributed by atoms with Crippen molar-refractivity contribution in [1.29, 1.82) is 0 Å². The number of aliphatic hydroxyl groups excluding tert-OH is 1. The predicted octanol–water partition coefficient (Wildman–Crippen LogP) is 1.16. The Morgan fingerprint density at radius 1 is 1.08 bits per heavy atom. The average molecular weight is 331 g/mol. The van der Waals surface area contributed by atoms with Gasteiger partial charge in [0.1, 0.15) is 0 Å². The van der Waals surface area contributed by atoms with Crippen LogP contribution >= 0.6 is 0 Å². The van der Waals surface area contributed by atoms with E-state index < -0.39 is 0 Å². The van der Waals surface area contributed by atoms with E-state index in [2.05, 4.69) is 45.9 Å². The SMILES string of the molecule is C[C@H]1CN2C[C@H](O)CC2CN1Cc1ccc(N2CCOCC2)cc1. The molecule has 3 saturated heterocycles. The summed E-state index contributed by atoms with van der Waals surface area (Å²) >= 11 is 0. The molecular formula is C19H29N3O2. The Kier molecular flexibility index (Phi) is 4.77. The molecule has 24 heavy (non-hydrogen) atoms. The molecule has 0 spiro atoms. The second-order valence-corrected chi connectivity index (χ2v) is 7.54. The van der Waals surface area contributed by atoms with Crippen molar-refractivity contribution in [2.24, 2.45) is 0 Å². The number of nitrogens with zero attached hydrogens (tertiary/aromatic N) is 3. The molecule has 3 heterocycles. The largest absolute Gasteiger partial charge is 0.392 e. The molecule has 0 saturated carbocycles. The Morgan fingerprint density at radius 2 is 1.83 bits per heavy atom. The van der Waals surface area contributed by atoms with Gasteiger partial charge < -0.3 is 14.7 Å². The average Bonchev–Trinajstić information content (AvgIpc) is 2.95. The third-order valence-electron chi connectivity index (χ3n) is 5.77. The number of morpholine rings is 1. The number of anilines is 1. The molecule has 0 radical (unpaired) electrons.